The van der Waals surface area contributed by atoms with Gasteiger partial charge in [-0.1, -0.05) is 19.1 Å². The van der Waals surface area contributed by atoms with Gasteiger partial charge in [-0.3, -0.25) is 4.79 Å². The molecule has 124 valence electrons. The van der Waals surface area contributed by atoms with E-state index in [1.54, 1.807) is 12.3 Å². The van der Waals surface area contributed by atoms with Crippen LogP contribution in [0.25, 0.3) is 0 Å². The number of rotatable bonds is 6. The number of ether oxygens (including phenoxy) is 1. The Morgan fingerprint density at radius 2 is 2.22 bits per heavy atom. The molecule has 0 saturated heterocycles. The number of carbonyl (C=O) groups excluding carboxylic acids is 1. The van der Waals surface area contributed by atoms with Crippen molar-refractivity contribution in [1.29, 1.82) is 0 Å². The zero-order chi connectivity index (χ0) is 16.9. The molecule has 1 aromatic carbocycles. The quantitative estimate of drug-likeness (QED) is 0.866. The summed E-state index contributed by atoms with van der Waals surface area (Å²) in [5.41, 5.74) is 0.443. The highest BCUT2D eigenvalue weighted by Gasteiger charge is 2.31. The molecule has 0 spiro atoms. The second-order valence-corrected chi connectivity index (χ2v) is 5.70. The molecular formula is C15H15F3N2O2S. The van der Waals surface area contributed by atoms with Crippen molar-refractivity contribution in [3.05, 3.63) is 46.4 Å². The van der Waals surface area contributed by atoms with Crippen LogP contribution in [0.3, 0.4) is 0 Å². The van der Waals surface area contributed by atoms with Gasteiger partial charge in [-0.2, -0.15) is 0 Å². The third-order valence-corrected chi connectivity index (χ3v) is 3.88. The van der Waals surface area contributed by atoms with Gasteiger partial charge in [0.25, 0.3) is 0 Å². The molecule has 1 aromatic heterocycles. The maximum Gasteiger partial charge on any atom is 0.573 e. The van der Waals surface area contributed by atoms with Crippen molar-refractivity contribution in [3.8, 4) is 5.75 Å². The number of amides is 1. The Balaban J connectivity index is 1.98. The van der Waals surface area contributed by atoms with Gasteiger partial charge in [0.15, 0.2) is 0 Å². The van der Waals surface area contributed by atoms with Crippen molar-refractivity contribution >= 4 is 17.2 Å². The van der Waals surface area contributed by atoms with Crippen molar-refractivity contribution in [1.82, 2.24) is 10.3 Å². The number of carbonyl (C=O) groups is 1. The lowest BCUT2D eigenvalue weighted by Gasteiger charge is -2.15. The lowest BCUT2D eigenvalue weighted by Crippen LogP contribution is -2.29. The van der Waals surface area contributed by atoms with Gasteiger partial charge in [-0.05, 0) is 24.1 Å². The number of hydrogen-bond donors (Lipinski definition) is 1. The molecule has 0 bridgehead atoms. The normalized spacial score (nSPS) is 12.7. The summed E-state index contributed by atoms with van der Waals surface area (Å²) in [6, 6.07) is 5.20. The second kappa shape index (κ2) is 7.45. The SMILES string of the molecule is CCC(NC(=O)Cc1cccc(OC(F)(F)F)c1)c1nccs1. The fourth-order valence-corrected chi connectivity index (χ4v) is 2.80. The Hall–Kier alpha value is -2.09. The summed E-state index contributed by atoms with van der Waals surface area (Å²) in [6.07, 6.45) is -2.45. The number of nitrogens with zero attached hydrogens (tertiary/aromatic N) is 1. The first-order valence-electron chi connectivity index (χ1n) is 6.91. The van der Waals surface area contributed by atoms with E-state index in [-0.39, 0.29) is 24.1 Å². The predicted octanol–water partition coefficient (Wildman–Crippen LogP) is 3.85. The van der Waals surface area contributed by atoms with E-state index in [0.29, 0.717) is 12.0 Å². The van der Waals surface area contributed by atoms with Crippen molar-refractivity contribution in [2.45, 2.75) is 32.2 Å². The molecule has 2 aromatic rings. The first-order valence-corrected chi connectivity index (χ1v) is 7.79. The van der Waals surface area contributed by atoms with E-state index in [9.17, 15) is 18.0 Å². The van der Waals surface area contributed by atoms with E-state index in [2.05, 4.69) is 15.0 Å². The summed E-state index contributed by atoms with van der Waals surface area (Å²) < 4.78 is 40.5. The summed E-state index contributed by atoms with van der Waals surface area (Å²) >= 11 is 1.44. The van der Waals surface area contributed by atoms with E-state index in [1.165, 1.54) is 29.5 Å². The summed E-state index contributed by atoms with van der Waals surface area (Å²) in [4.78, 5) is 16.2. The van der Waals surface area contributed by atoms with Gasteiger partial charge >= 0.3 is 6.36 Å². The Kier molecular flexibility index (Phi) is 5.59. The predicted molar refractivity (Wildman–Crippen MR) is 80.1 cm³/mol. The largest absolute Gasteiger partial charge is 0.573 e. The van der Waals surface area contributed by atoms with Gasteiger partial charge in [0.1, 0.15) is 10.8 Å². The van der Waals surface area contributed by atoms with Gasteiger partial charge in [-0.25, -0.2) is 4.98 Å². The average molecular weight is 344 g/mol. The molecule has 1 atom stereocenters. The third-order valence-electron chi connectivity index (χ3n) is 2.99. The first kappa shape index (κ1) is 17.3. The molecule has 0 saturated carbocycles. The van der Waals surface area contributed by atoms with Crippen LogP contribution < -0.4 is 10.1 Å². The fraction of sp³-hybridized carbons (Fsp3) is 0.333. The van der Waals surface area contributed by atoms with Crippen LogP contribution in [0, 0.1) is 0 Å². The fourth-order valence-electron chi connectivity index (χ4n) is 2.03. The topological polar surface area (TPSA) is 51.2 Å². The van der Waals surface area contributed by atoms with Gasteiger partial charge < -0.3 is 10.1 Å². The number of thiazole rings is 1. The number of aromatic nitrogens is 1. The molecule has 1 amide bonds. The highest BCUT2D eigenvalue weighted by molar-refractivity contribution is 7.09. The maximum absolute atomic E-state index is 12.2. The Morgan fingerprint density at radius 3 is 2.83 bits per heavy atom. The minimum Gasteiger partial charge on any atom is -0.406 e. The standard InChI is InChI=1S/C15H15F3N2O2S/c1-2-12(14-19-6-7-23-14)20-13(21)9-10-4-3-5-11(8-10)22-15(16,17)18/h3-8,12H,2,9H2,1H3,(H,20,21). The van der Waals surface area contributed by atoms with Crippen molar-refractivity contribution in [2.24, 2.45) is 0 Å². The van der Waals surface area contributed by atoms with Gasteiger partial charge in [0.2, 0.25) is 5.91 Å². The minimum absolute atomic E-state index is 0.0308. The van der Waals surface area contributed by atoms with Crippen molar-refractivity contribution < 1.29 is 22.7 Å². The van der Waals surface area contributed by atoms with Gasteiger partial charge in [-0.15, -0.1) is 24.5 Å². The maximum atomic E-state index is 12.2. The second-order valence-electron chi connectivity index (χ2n) is 4.77. The molecule has 2 rings (SSSR count). The smallest absolute Gasteiger partial charge is 0.406 e. The lowest BCUT2D eigenvalue weighted by molar-refractivity contribution is -0.274. The molecule has 8 heteroatoms. The van der Waals surface area contributed by atoms with E-state index < -0.39 is 6.36 Å². The number of benzene rings is 1. The van der Waals surface area contributed by atoms with Crippen LogP contribution in [-0.2, 0) is 11.2 Å². The average Bonchev–Trinajstić information content (AvgIpc) is 2.97. The summed E-state index contributed by atoms with van der Waals surface area (Å²) in [6.45, 7) is 1.92. The van der Waals surface area contributed by atoms with E-state index in [4.69, 9.17) is 0 Å². The molecule has 0 radical (unpaired) electrons. The molecule has 1 N–H and O–H groups in total. The molecule has 23 heavy (non-hydrogen) atoms. The third kappa shape index (κ3) is 5.55. The highest BCUT2D eigenvalue weighted by atomic mass is 32.1. The minimum atomic E-state index is -4.75. The van der Waals surface area contributed by atoms with Crippen LogP contribution in [-0.4, -0.2) is 17.3 Å². The monoisotopic (exact) mass is 344 g/mol. The summed E-state index contributed by atoms with van der Waals surface area (Å²) in [7, 11) is 0. The number of nitrogens with one attached hydrogen (secondary N) is 1. The highest BCUT2D eigenvalue weighted by Crippen LogP contribution is 2.24. The molecule has 1 unspecified atom stereocenters. The van der Waals surface area contributed by atoms with Crippen LogP contribution >= 0.6 is 11.3 Å². The van der Waals surface area contributed by atoms with Crippen molar-refractivity contribution in [3.63, 3.8) is 0 Å². The van der Waals surface area contributed by atoms with Crippen LogP contribution in [0.4, 0.5) is 13.2 Å². The molecule has 1 heterocycles. The Bertz CT molecular complexity index is 644. The molecule has 0 aliphatic rings. The first-order chi connectivity index (χ1) is 10.9. The summed E-state index contributed by atoms with van der Waals surface area (Å²) in [5, 5.41) is 5.45. The lowest BCUT2D eigenvalue weighted by atomic mass is 10.1. The number of hydrogen-bond acceptors (Lipinski definition) is 4. The van der Waals surface area contributed by atoms with E-state index in [0.717, 1.165) is 5.01 Å². The van der Waals surface area contributed by atoms with E-state index in [1.807, 2.05) is 12.3 Å². The number of halogens is 3. The molecule has 0 fully saturated rings. The molecule has 0 aliphatic carbocycles. The van der Waals surface area contributed by atoms with Crippen molar-refractivity contribution in [2.75, 3.05) is 0 Å². The van der Waals surface area contributed by atoms with Gasteiger partial charge in [0, 0.05) is 11.6 Å². The molecular weight excluding hydrogens is 329 g/mol. The van der Waals surface area contributed by atoms with Crippen LogP contribution in [0.1, 0.15) is 30.0 Å². The van der Waals surface area contributed by atoms with Crippen LogP contribution in [0.5, 0.6) is 5.75 Å². The van der Waals surface area contributed by atoms with E-state index >= 15 is 0 Å². The van der Waals surface area contributed by atoms with Gasteiger partial charge in [0.05, 0.1) is 12.5 Å². The zero-order valence-electron chi connectivity index (χ0n) is 12.3. The Morgan fingerprint density at radius 1 is 1.43 bits per heavy atom. The Labute approximate surface area is 135 Å². The molecule has 0 aliphatic heterocycles. The number of alkyl halides is 3. The van der Waals surface area contributed by atoms with Crippen LogP contribution in [0.15, 0.2) is 35.8 Å². The van der Waals surface area contributed by atoms with Crippen LogP contribution in [0.2, 0.25) is 0 Å². The summed E-state index contributed by atoms with van der Waals surface area (Å²) in [5.74, 6) is -0.619. The molecule has 4 nitrogen and oxygen atoms in total. The zero-order valence-corrected chi connectivity index (χ0v) is 13.1.